The molecule has 3 heterocycles. The third kappa shape index (κ3) is 6.16. The summed E-state index contributed by atoms with van der Waals surface area (Å²) in [5.41, 5.74) is 3.76. The quantitative estimate of drug-likeness (QED) is 0.333. The molecule has 2 aromatic heterocycles. The van der Waals surface area contributed by atoms with Crippen LogP contribution in [0.5, 0.6) is 5.88 Å². The van der Waals surface area contributed by atoms with Gasteiger partial charge in [0.15, 0.2) is 5.65 Å². The van der Waals surface area contributed by atoms with Crippen molar-refractivity contribution in [2.45, 2.75) is 6.42 Å². The fourth-order valence-electron chi connectivity index (χ4n) is 4.08. The van der Waals surface area contributed by atoms with Crippen LogP contribution in [0.15, 0.2) is 79.0 Å². The number of pyridine rings is 2. The van der Waals surface area contributed by atoms with Crippen LogP contribution >= 0.6 is 0 Å². The molecule has 5 rings (SSSR count). The molecule has 0 radical (unpaired) electrons. The van der Waals surface area contributed by atoms with Crippen LogP contribution in [0.1, 0.15) is 16.8 Å². The summed E-state index contributed by atoms with van der Waals surface area (Å²) in [6.07, 6.45) is 2.67. The number of hydrogen-bond donors (Lipinski definition) is 2. The van der Waals surface area contributed by atoms with Crippen molar-refractivity contribution < 1.29 is 14.3 Å². The maximum atomic E-state index is 12.4. The number of benzene rings is 2. The zero-order valence-electron chi connectivity index (χ0n) is 20.0. The number of aromatic nitrogens is 2. The first-order valence-corrected chi connectivity index (χ1v) is 12.2. The number of fused-ring (bicyclic) bond motifs is 1. The molecule has 0 saturated carbocycles. The van der Waals surface area contributed by atoms with E-state index in [1.807, 2.05) is 60.7 Å². The molecule has 36 heavy (non-hydrogen) atoms. The summed E-state index contributed by atoms with van der Waals surface area (Å²) in [6.45, 7) is 5.20. The molecular formula is C28H29N5O3. The second-order valence-corrected chi connectivity index (χ2v) is 8.56. The average molecular weight is 484 g/mol. The molecule has 8 heteroatoms. The molecule has 0 spiro atoms. The fraction of sp³-hybridized carbons (Fsp3) is 0.250. The van der Waals surface area contributed by atoms with Gasteiger partial charge in [-0.2, -0.15) is 4.98 Å². The highest BCUT2D eigenvalue weighted by Crippen LogP contribution is 2.26. The molecule has 0 unspecified atom stereocenters. The van der Waals surface area contributed by atoms with Gasteiger partial charge in [0, 0.05) is 54.2 Å². The van der Waals surface area contributed by atoms with E-state index in [0.29, 0.717) is 23.7 Å². The molecule has 1 aliphatic heterocycles. The van der Waals surface area contributed by atoms with E-state index in [0.717, 1.165) is 61.7 Å². The molecular weight excluding hydrogens is 454 g/mol. The molecule has 184 valence electrons. The molecule has 2 aromatic carbocycles. The van der Waals surface area contributed by atoms with Gasteiger partial charge < -0.3 is 20.1 Å². The standard InChI is InChI=1S/C28H29N5O3/c34-28(21-5-2-1-3-6-21)31-23-9-7-22(8-10-23)30-25-13-14-29-27-24(25)11-12-26(32-27)36-18-4-15-33-16-19-35-20-17-33/h1-3,5-14H,4,15-20H2,(H,31,34)(H,29,30,32). The first-order valence-electron chi connectivity index (χ1n) is 12.2. The molecule has 8 nitrogen and oxygen atoms in total. The van der Waals surface area contributed by atoms with Gasteiger partial charge in [0.05, 0.1) is 25.5 Å². The number of morpholine rings is 1. The minimum atomic E-state index is -0.137. The van der Waals surface area contributed by atoms with Gasteiger partial charge in [0.25, 0.3) is 5.91 Å². The Morgan fingerprint density at radius 3 is 2.53 bits per heavy atom. The number of ether oxygens (including phenoxy) is 2. The number of nitrogens with zero attached hydrogens (tertiary/aromatic N) is 3. The van der Waals surface area contributed by atoms with Gasteiger partial charge in [-0.05, 0) is 55.0 Å². The third-order valence-corrected chi connectivity index (χ3v) is 6.01. The molecule has 1 saturated heterocycles. The number of amides is 1. The minimum absolute atomic E-state index is 0.137. The van der Waals surface area contributed by atoms with Crippen molar-refractivity contribution >= 4 is 34.0 Å². The van der Waals surface area contributed by atoms with Crippen molar-refractivity contribution in [2.75, 3.05) is 50.1 Å². The predicted octanol–water partition coefficient (Wildman–Crippen LogP) is 4.73. The SMILES string of the molecule is O=C(Nc1ccc(Nc2ccnc3nc(OCCCN4CCOCC4)ccc23)cc1)c1ccccc1. The predicted molar refractivity (Wildman–Crippen MR) is 141 cm³/mol. The number of carbonyl (C=O) groups is 1. The van der Waals surface area contributed by atoms with Crippen molar-refractivity contribution in [3.63, 3.8) is 0 Å². The second kappa shape index (κ2) is 11.6. The number of hydrogen-bond acceptors (Lipinski definition) is 7. The number of anilines is 3. The van der Waals surface area contributed by atoms with Crippen LogP contribution in [0, 0.1) is 0 Å². The summed E-state index contributed by atoms with van der Waals surface area (Å²) in [5, 5.41) is 7.24. The molecule has 0 bridgehead atoms. The number of rotatable bonds is 9. The van der Waals surface area contributed by atoms with E-state index in [1.54, 1.807) is 18.3 Å². The summed E-state index contributed by atoms with van der Waals surface area (Å²) < 4.78 is 11.3. The van der Waals surface area contributed by atoms with E-state index in [9.17, 15) is 4.79 Å². The van der Waals surface area contributed by atoms with Gasteiger partial charge >= 0.3 is 0 Å². The van der Waals surface area contributed by atoms with Crippen LogP contribution in [0.2, 0.25) is 0 Å². The normalized spacial score (nSPS) is 13.9. The lowest BCUT2D eigenvalue weighted by Crippen LogP contribution is -2.37. The fourth-order valence-corrected chi connectivity index (χ4v) is 4.08. The Balaban J connectivity index is 1.18. The zero-order chi connectivity index (χ0) is 24.6. The first-order chi connectivity index (χ1) is 17.7. The van der Waals surface area contributed by atoms with E-state index in [-0.39, 0.29) is 5.91 Å². The van der Waals surface area contributed by atoms with Crippen molar-refractivity contribution in [3.8, 4) is 5.88 Å². The van der Waals surface area contributed by atoms with Crippen molar-refractivity contribution in [1.29, 1.82) is 0 Å². The summed E-state index contributed by atoms with van der Waals surface area (Å²) >= 11 is 0. The first kappa shape index (κ1) is 23.7. The lowest BCUT2D eigenvalue weighted by Gasteiger charge is -2.26. The van der Waals surface area contributed by atoms with Gasteiger partial charge in [0.2, 0.25) is 5.88 Å². The molecule has 0 atom stereocenters. The number of nitrogens with one attached hydrogen (secondary N) is 2. The average Bonchev–Trinajstić information content (AvgIpc) is 2.93. The largest absolute Gasteiger partial charge is 0.478 e. The zero-order valence-corrected chi connectivity index (χ0v) is 20.0. The lowest BCUT2D eigenvalue weighted by molar-refractivity contribution is 0.0357. The summed E-state index contributed by atoms with van der Waals surface area (Å²) in [7, 11) is 0. The highest BCUT2D eigenvalue weighted by atomic mass is 16.5. The van der Waals surface area contributed by atoms with Gasteiger partial charge in [-0.15, -0.1) is 0 Å². The van der Waals surface area contributed by atoms with E-state index in [2.05, 4.69) is 25.5 Å². The van der Waals surface area contributed by atoms with Crippen molar-refractivity contribution in [1.82, 2.24) is 14.9 Å². The summed E-state index contributed by atoms with van der Waals surface area (Å²) in [4.78, 5) is 23.8. The van der Waals surface area contributed by atoms with Gasteiger partial charge in [-0.3, -0.25) is 9.69 Å². The van der Waals surface area contributed by atoms with Crippen LogP contribution in [0.4, 0.5) is 17.1 Å². The van der Waals surface area contributed by atoms with Gasteiger partial charge in [-0.1, -0.05) is 18.2 Å². The monoisotopic (exact) mass is 483 g/mol. The van der Waals surface area contributed by atoms with E-state index < -0.39 is 0 Å². The Bertz CT molecular complexity index is 1290. The third-order valence-electron chi connectivity index (χ3n) is 6.01. The van der Waals surface area contributed by atoms with Crippen LogP contribution in [-0.4, -0.2) is 60.2 Å². The van der Waals surface area contributed by atoms with E-state index in [1.165, 1.54) is 0 Å². The van der Waals surface area contributed by atoms with Crippen LogP contribution in [-0.2, 0) is 4.74 Å². The number of carbonyl (C=O) groups excluding carboxylic acids is 1. The van der Waals surface area contributed by atoms with Crippen LogP contribution in [0.3, 0.4) is 0 Å². The van der Waals surface area contributed by atoms with Crippen molar-refractivity contribution in [3.05, 3.63) is 84.6 Å². The van der Waals surface area contributed by atoms with Gasteiger partial charge in [-0.25, -0.2) is 4.98 Å². The molecule has 2 N–H and O–H groups in total. The summed E-state index contributed by atoms with van der Waals surface area (Å²) in [6, 6.07) is 22.5. The highest BCUT2D eigenvalue weighted by Gasteiger charge is 2.10. The maximum Gasteiger partial charge on any atom is 0.255 e. The Hall–Kier alpha value is -4.01. The Morgan fingerprint density at radius 2 is 1.72 bits per heavy atom. The molecule has 1 amide bonds. The highest BCUT2D eigenvalue weighted by molar-refractivity contribution is 6.04. The van der Waals surface area contributed by atoms with Gasteiger partial charge in [0.1, 0.15) is 0 Å². The topological polar surface area (TPSA) is 88.6 Å². The maximum absolute atomic E-state index is 12.4. The molecule has 0 aliphatic carbocycles. The lowest BCUT2D eigenvalue weighted by atomic mass is 10.2. The Morgan fingerprint density at radius 1 is 0.944 bits per heavy atom. The van der Waals surface area contributed by atoms with Crippen molar-refractivity contribution in [2.24, 2.45) is 0 Å². The Labute approximate surface area is 210 Å². The minimum Gasteiger partial charge on any atom is -0.478 e. The second-order valence-electron chi connectivity index (χ2n) is 8.56. The molecule has 1 aliphatic rings. The van der Waals surface area contributed by atoms with Crippen LogP contribution < -0.4 is 15.4 Å². The van der Waals surface area contributed by atoms with Crippen LogP contribution in [0.25, 0.3) is 11.0 Å². The van der Waals surface area contributed by atoms with E-state index in [4.69, 9.17) is 9.47 Å². The Kier molecular flexibility index (Phi) is 7.65. The van der Waals surface area contributed by atoms with E-state index >= 15 is 0 Å². The smallest absolute Gasteiger partial charge is 0.255 e. The molecule has 4 aromatic rings. The summed E-state index contributed by atoms with van der Waals surface area (Å²) in [5.74, 6) is 0.439. The molecule has 1 fully saturated rings.